The first-order valence-electron chi connectivity index (χ1n) is 5.66. The van der Waals surface area contributed by atoms with E-state index in [0.717, 1.165) is 6.07 Å². The van der Waals surface area contributed by atoms with Crippen LogP contribution in [-0.2, 0) is 15.6 Å². The summed E-state index contributed by atoms with van der Waals surface area (Å²) in [5, 5.41) is 11.1. The minimum atomic E-state index is -3.83. The van der Waals surface area contributed by atoms with Crippen LogP contribution in [0.2, 0.25) is 5.02 Å². The number of nitrogens with zero attached hydrogens (tertiary/aromatic N) is 2. The summed E-state index contributed by atoms with van der Waals surface area (Å²) in [6.45, 7) is 0. The number of nitrogens with two attached hydrogens (primary N) is 1. The van der Waals surface area contributed by atoms with E-state index in [-0.39, 0.29) is 26.9 Å². The zero-order valence-electron chi connectivity index (χ0n) is 10.6. The molecule has 0 aliphatic carbocycles. The van der Waals surface area contributed by atoms with Gasteiger partial charge >= 0.3 is 0 Å². The Morgan fingerprint density at radius 1 is 1.33 bits per heavy atom. The third-order valence-electron chi connectivity index (χ3n) is 2.73. The first kappa shape index (κ1) is 15.2. The highest BCUT2D eigenvalue weighted by Gasteiger charge is 2.24. The molecule has 0 saturated carbocycles. The van der Waals surface area contributed by atoms with Crippen LogP contribution in [0, 0.1) is 10.1 Å². The van der Waals surface area contributed by atoms with Crippen LogP contribution in [-0.4, -0.2) is 18.3 Å². The van der Waals surface area contributed by atoms with Gasteiger partial charge in [-0.1, -0.05) is 11.6 Å². The molecule has 0 aliphatic rings. The molecule has 1 aromatic heterocycles. The van der Waals surface area contributed by atoms with Crippen molar-refractivity contribution in [2.24, 2.45) is 0 Å². The SMILES string of the molecule is Nc1cnccc1S(=O)(=O)Cc1ccc(Cl)cc1[N+](=O)[O-]. The lowest BCUT2D eigenvalue weighted by Gasteiger charge is -2.07. The summed E-state index contributed by atoms with van der Waals surface area (Å²) in [4.78, 5) is 13.9. The van der Waals surface area contributed by atoms with Crippen LogP contribution in [0.3, 0.4) is 0 Å². The zero-order valence-corrected chi connectivity index (χ0v) is 12.1. The van der Waals surface area contributed by atoms with E-state index in [2.05, 4.69) is 4.98 Å². The smallest absolute Gasteiger partial charge is 0.275 e. The number of hydrogen-bond donors (Lipinski definition) is 1. The minimum Gasteiger partial charge on any atom is -0.396 e. The molecular formula is C12H10ClN3O4S. The van der Waals surface area contributed by atoms with Crippen molar-refractivity contribution in [1.29, 1.82) is 0 Å². The molecular weight excluding hydrogens is 318 g/mol. The highest BCUT2D eigenvalue weighted by atomic mass is 35.5. The first-order chi connectivity index (χ1) is 9.81. The molecule has 2 aromatic rings. The number of nitro groups is 1. The molecule has 0 atom stereocenters. The van der Waals surface area contributed by atoms with Gasteiger partial charge in [0.05, 0.1) is 27.5 Å². The molecule has 0 radical (unpaired) electrons. The Labute approximate surface area is 125 Å². The Hall–Kier alpha value is -2.19. The molecule has 9 heteroatoms. The van der Waals surface area contributed by atoms with Gasteiger partial charge in [-0.3, -0.25) is 15.1 Å². The maximum atomic E-state index is 12.3. The molecule has 2 rings (SSSR count). The lowest BCUT2D eigenvalue weighted by atomic mass is 10.2. The third kappa shape index (κ3) is 3.29. The molecule has 21 heavy (non-hydrogen) atoms. The van der Waals surface area contributed by atoms with Gasteiger partial charge in [0.2, 0.25) is 0 Å². The number of rotatable bonds is 4. The average molecular weight is 328 g/mol. The van der Waals surface area contributed by atoms with Gasteiger partial charge in [0.15, 0.2) is 9.84 Å². The molecule has 0 spiro atoms. The van der Waals surface area contributed by atoms with E-state index in [0.29, 0.717) is 0 Å². The molecule has 1 aromatic carbocycles. The quantitative estimate of drug-likeness (QED) is 0.679. The number of hydrogen-bond acceptors (Lipinski definition) is 6. The summed E-state index contributed by atoms with van der Waals surface area (Å²) in [6.07, 6.45) is 2.50. The number of anilines is 1. The van der Waals surface area contributed by atoms with E-state index >= 15 is 0 Å². The first-order valence-corrected chi connectivity index (χ1v) is 7.69. The van der Waals surface area contributed by atoms with Gasteiger partial charge in [-0.25, -0.2) is 8.42 Å². The standard InChI is InChI=1S/C12H10ClN3O4S/c13-9-2-1-8(11(5-9)16(17)18)7-21(19,20)12-3-4-15-6-10(12)14/h1-6H,7,14H2. The molecule has 0 amide bonds. The van der Waals surface area contributed by atoms with Gasteiger partial charge < -0.3 is 5.73 Å². The van der Waals surface area contributed by atoms with Crippen LogP contribution in [0.15, 0.2) is 41.6 Å². The third-order valence-corrected chi connectivity index (χ3v) is 4.70. The molecule has 2 N–H and O–H groups in total. The fraction of sp³-hybridized carbons (Fsp3) is 0.0833. The number of nitro benzene ring substituents is 1. The predicted octanol–water partition coefficient (Wildman–Crippen LogP) is 2.20. The topological polar surface area (TPSA) is 116 Å². The van der Waals surface area contributed by atoms with E-state index in [9.17, 15) is 18.5 Å². The second kappa shape index (κ2) is 5.66. The normalized spacial score (nSPS) is 11.3. The molecule has 0 fully saturated rings. The van der Waals surface area contributed by atoms with E-state index in [1.54, 1.807) is 0 Å². The lowest BCUT2D eigenvalue weighted by molar-refractivity contribution is -0.385. The van der Waals surface area contributed by atoms with Crippen molar-refractivity contribution < 1.29 is 13.3 Å². The second-order valence-corrected chi connectivity index (χ2v) is 6.60. The van der Waals surface area contributed by atoms with E-state index in [4.69, 9.17) is 17.3 Å². The van der Waals surface area contributed by atoms with E-state index < -0.39 is 20.5 Å². The summed E-state index contributed by atoms with van der Waals surface area (Å²) in [6, 6.07) is 5.08. The molecule has 1 heterocycles. The Bertz CT molecular complexity index is 808. The van der Waals surface area contributed by atoms with E-state index in [1.807, 2.05) is 0 Å². The van der Waals surface area contributed by atoms with Gasteiger partial charge in [0.1, 0.15) is 0 Å². The number of nitrogen functional groups attached to an aromatic ring is 1. The van der Waals surface area contributed by atoms with Crippen molar-refractivity contribution in [1.82, 2.24) is 4.98 Å². The van der Waals surface area contributed by atoms with Crippen LogP contribution in [0.25, 0.3) is 0 Å². The highest BCUT2D eigenvalue weighted by Crippen LogP contribution is 2.28. The van der Waals surface area contributed by atoms with Crippen LogP contribution < -0.4 is 5.73 Å². The molecule has 0 saturated heterocycles. The Kier molecular flexibility index (Phi) is 4.10. The summed E-state index contributed by atoms with van der Waals surface area (Å²) in [5.74, 6) is -0.547. The van der Waals surface area contributed by atoms with Crippen molar-refractivity contribution in [3.8, 4) is 0 Å². The van der Waals surface area contributed by atoms with Gasteiger partial charge in [0, 0.05) is 22.8 Å². The molecule has 0 unspecified atom stereocenters. The largest absolute Gasteiger partial charge is 0.396 e. The van der Waals surface area contributed by atoms with Crippen LogP contribution in [0.1, 0.15) is 5.56 Å². The molecule has 110 valence electrons. The van der Waals surface area contributed by atoms with Crippen molar-refractivity contribution >= 4 is 32.8 Å². The molecule has 0 bridgehead atoms. The van der Waals surface area contributed by atoms with Crippen molar-refractivity contribution in [2.45, 2.75) is 10.6 Å². The van der Waals surface area contributed by atoms with Gasteiger partial charge in [0.25, 0.3) is 5.69 Å². The van der Waals surface area contributed by atoms with Crippen molar-refractivity contribution in [3.63, 3.8) is 0 Å². The van der Waals surface area contributed by atoms with E-state index in [1.165, 1.54) is 30.6 Å². The fourth-order valence-electron chi connectivity index (χ4n) is 1.79. The lowest BCUT2D eigenvalue weighted by Crippen LogP contribution is -2.09. The van der Waals surface area contributed by atoms with Gasteiger partial charge in [-0.2, -0.15) is 0 Å². The van der Waals surface area contributed by atoms with Gasteiger partial charge in [-0.15, -0.1) is 0 Å². The summed E-state index contributed by atoms with van der Waals surface area (Å²) in [5.41, 5.74) is 5.27. The molecule has 0 aliphatic heterocycles. The molecule has 7 nitrogen and oxygen atoms in total. The van der Waals surface area contributed by atoms with Crippen LogP contribution in [0.5, 0.6) is 0 Å². The number of halogens is 1. The maximum absolute atomic E-state index is 12.3. The summed E-state index contributed by atoms with van der Waals surface area (Å²) >= 11 is 5.69. The minimum absolute atomic E-state index is 0.00545. The van der Waals surface area contributed by atoms with Crippen LogP contribution in [0.4, 0.5) is 11.4 Å². The number of benzene rings is 1. The Balaban J connectivity index is 2.47. The highest BCUT2D eigenvalue weighted by molar-refractivity contribution is 7.90. The number of pyridine rings is 1. The summed E-state index contributed by atoms with van der Waals surface area (Å²) < 4.78 is 24.6. The van der Waals surface area contributed by atoms with Crippen molar-refractivity contribution in [2.75, 3.05) is 5.73 Å². The number of aromatic nitrogens is 1. The predicted molar refractivity (Wildman–Crippen MR) is 77.6 cm³/mol. The maximum Gasteiger partial charge on any atom is 0.275 e. The van der Waals surface area contributed by atoms with Gasteiger partial charge in [-0.05, 0) is 18.2 Å². The van der Waals surface area contributed by atoms with Crippen molar-refractivity contribution in [3.05, 3.63) is 57.4 Å². The average Bonchev–Trinajstić information content (AvgIpc) is 2.40. The number of sulfone groups is 1. The Morgan fingerprint density at radius 2 is 2.05 bits per heavy atom. The Morgan fingerprint density at radius 3 is 2.67 bits per heavy atom. The van der Waals surface area contributed by atoms with Crippen LogP contribution >= 0.6 is 11.6 Å². The second-order valence-electron chi connectivity index (χ2n) is 4.20. The fourth-order valence-corrected chi connectivity index (χ4v) is 3.44. The summed E-state index contributed by atoms with van der Waals surface area (Å²) in [7, 11) is -3.83. The zero-order chi connectivity index (χ0) is 15.6. The monoisotopic (exact) mass is 327 g/mol.